The zero-order valence-corrected chi connectivity index (χ0v) is 13.1. The quantitative estimate of drug-likeness (QED) is 0.734. The van der Waals surface area contributed by atoms with E-state index in [1.165, 1.54) is 15.5 Å². The first-order chi connectivity index (χ1) is 9.77. The van der Waals surface area contributed by atoms with Crippen LogP contribution >= 0.6 is 0 Å². The number of ether oxygens (including phenoxy) is 1. The predicted octanol–water partition coefficient (Wildman–Crippen LogP) is -0.775. The maximum absolute atomic E-state index is 12.0. The third-order valence-electron chi connectivity index (χ3n) is 3.85. The second kappa shape index (κ2) is 6.18. The molecule has 8 nitrogen and oxygen atoms in total. The average molecular weight is 319 g/mol. The minimum absolute atomic E-state index is 0.103. The van der Waals surface area contributed by atoms with Crippen molar-refractivity contribution in [3.05, 3.63) is 0 Å². The third-order valence-corrected chi connectivity index (χ3v) is 5.16. The Labute approximate surface area is 124 Å². The molecule has 0 radical (unpaired) electrons. The fourth-order valence-electron chi connectivity index (χ4n) is 2.56. The topological polar surface area (TPSA) is 96.0 Å². The average Bonchev–Trinajstić information content (AvgIpc) is 2.74. The van der Waals surface area contributed by atoms with Crippen LogP contribution in [-0.4, -0.2) is 75.2 Å². The summed E-state index contributed by atoms with van der Waals surface area (Å²) in [5.74, 6) is -0.286. The highest BCUT2D eigenvalue weighted by molar-refractivity contribution is 7.88. The summed E-state index contributed by atoms with van der Waals surface area (Å²) in [6.45, 7) is 1.50. The number of carbonyl (C=O) groups excluding carboxylic acids is 2. The van der Waals surface area contributed by atoms with Crippen molar-refractivity contribution in [3.63, 3.8) is 0 Å². The monoisotopic (exact) mass is 319 g/mol. The lowest BCUT2D eigenvalue weighted by Crippen LogP contribution is -2.44. The highest BCUT2D eigenvalue weighted by Crippen LogP contribution is 2.19. The number of sulfonamides is 1. The largest absolute Gasteiger partial charge is 0.442 e. The van der Waals surface area contributed by atoms with Gasteiger partial charge >= 0.3 is 6.09 Å². The number of likely N-dealkylation sites (N-methyl/N-ethyl adjacent to an activating group) is 1. The Kier molecular flexibility index (Phi) is 4.72. The first-order valence-corrected chi connectivity index (χ1v) is 8.77. The zero-order valence-electron chi connectivity index (χ0n) is 12.2. The van der Waals surface area contributed by atoms with Gasteiger partial charge in [0.1, 0.15) is 6.10 Å². The van der Waals surface area contributed by atoms with Gasteiger partial charge in [-0.05, 0) is 12.8 Å². The van der Waals surface area contributed by atoms with E-state index in [1.54, 1.807) is 7.05 Å². The lowest BCUT2D eigenvalue weighted by molar-refractivity contribution is -0.126. The number of piperidine rings is 1. The Hall–Kier alpha value is -1.35. The van der Waals surface area contributed by atoms with Gasteiger partial charge in [0, 0.05) is 26.1 Å². The molecule has 2 saturated heterocycles. The number of amides is 2. The van der Waals surface area contributed by atoms with Gasteiger partial charge in [-0.25, -0.2) is 17.5 Å². The molecule has 1 N–H and O–H groups in total. The molecule has 0 saturated carbocycles. The number of cyclic esters (lactones) is 1. The zero-order chi connectivity index (χ0) is 15.6. The molecular formula is C12H21N3O5S. The van der Waals surface area contributed by atoms with Gasteiger partial charge in [-0.15, -0.1) is 0 Å². The van der Waals surface area contributed by atoms with Gasteiger partial charge in [0.15, 0.2) is 0 Å². The van der Waals surface area contributed by atoms with Crippen LogP contribution in [0, 0.1) is 5.92 Å². The fourth-order valence-corrected chi connectivity index (χ4v) is 3.44. The Morgan fingerprint density at radius 2 is 2.00 bits per heavy atom. The lowest BCUT2D eigenvalue weighted by Gasteiger charge is -2.29. The van der Waals surface area contributed by atoms with E-state index in [4.69, 9.17) is 4.74 Å². The summed E-state index contributed by atoms with van der Waals surface area (Å²) in [5, 5.41) is 2.78. The highest BCUT2D eigenvalue weighted by atomic mass is 32.2. The van der Waals surface area contributed by atoms with E-state index in [0.717, 1.165) is 0 Å². The van der Waals surface area contributed by atoms with Crippen molar-refractivity contribution in [2.45, 2.75) is 18.9 Å². The minimum atomic E-state index is -3.17. The van der Waals surface area contributed by atoms with Crippen molar-refractivity contribution in [2.24, 2.45) is 5.92 Å². The number of nitrogens with zero attached hydrogens (tertiary/aromatic N) is 2. The van der Waals surface area contributed by atoms with Gasteiger partial charge in [-0.1, -0.05) is 0 Å². The van der Waals surface area contributed by atoms with Crippen LogP contribution in [0.5, 0.6) is 0 Å². The molecule has 2 aliphatic heterocycles. The van der Waals surface area contributed by atoms with Crippen LogP contribution in [0.2, 0.25) is 0 Å². The number of carbonyl (C=O) groups is 2. The van der Waals surface area contributed by atoms with E-state index in [9.17, 15) is 18.0 Å². The molecule has 120 valence electrons. The van der Waals surface area contributed by atoms with Gasteiger partial charge in [-0.2, -0.15) is 0 Å². The number of hydrogen-bond donors (Lipinski definition) is 1. The van der Waals surface area contributed by atoms with E-state index < -0.39 is 10.0 Å². The summed E-state index contributed by atoms with van der Waals surface area (Å²) in [6, 6.07) is 0. The van der Waals surface area contributed by atoms with Crippen LogP contribution < -0.4 is 5.32 Å². The van der Waals surface area contributed by atoms with Crippen LogP contribution in [0.15, 0.2) is 0 Å². The van der Waals surface area contributed by atoms with Crippen molar-refractivity contribution in [2.75, 3.05) is 39.5 Å². The van der Waals surface area contributed by atoms with E-state index in [1.807, 2.05) is 0 Å². The molecule has 2 fully saturated rings. The summed E-state index contributed by atoms with van der Waals surface area (Å²) in [6.07, 6.45) is 1.52. The standard InChI is InChI=1S/C12H21N3O5S/c1-14-8-10(20-12(14)17)7-13-11(16)9-3-5-15(6-4-9)21(2,18)19/h9-10H,3-8H2,1-2H3,(H,13,16). The van der Waals surface area contributed by atoms with E-state index in [0.29, 0.717) is 39.0 Å². The Morgan fingerprint density at radius 1 is 1.38 bits per heavy atom. The number of nitrogens with one attached hydrogen (secondary N) is 1. The molecule has 2 heterocycles. The first kappa shape index (κ1) is 16.0. The molecule has 2 amide bonds. The normalized spacial score (nSPS) is 25.0. The van der Waals surface area contributed by atoms with Crippen molar-refractivity contribution in [3.8, 4) is 0 Å². The second-order valence-electron chi connectivity index (χ2n) is 5.57. The molecule has 0 aromatic heterocycles. The lowest BCUT2D eigenvalue weighted by atomic mass is 9.97. The number of hydrogen-bond acceptors (Lipinski definition) is 5. The smallest absolute Gasteiger partial charge is 0.410 e. The summed E-state index contributed by atoms with van der Waals surface area (Å²) >= 11 is 0. The van der Waals surface area contributed by atoms with Crippen LogP contribution in [0.3, 0.4) is 0 Å². The van der Waals surface area contributed by atoms with Gasteiger partial charge < -0.3 is 15.0 Å². The van der Waals surface area contributed by atoms with Crippen molar-refractivity contribution in [1.29, 1.82) is 0 Å². The molecular weight excluding hydrogens is 298 g/mol. The summed E-state index contributed by atoms with van der Waals surface area (Å²) in [7, 11) is -1.53. The van der Waals surface area contributed by atoms with E-state index in [2.05, 4.69) is 5.32 Å². The maximum Gasteiger partial charge on any atom is 0.410 e. The maximum atomic E-state index is 12.0. The second-order valence-corrected chi connectivity index (χ2v) is 7.55. The highest BCUT2D eigenvalue weighted by Gasteiger charge is 2.31. The minimum Gasteiger partial charge on any atom is -0.442 e. The molecule has 1 atom stereocenters. The van der Waals surface area contributed by atoms with Crippen molar-refractivity contribution < 1.29 is 22.7 Å². The molecule has 0 aliphatic carbocycles. The number of rotatable bonds is 4. The summed E-state index contributed by atoms with van der Waals surface area (Å²) < 4.78 is 29.2. The molecule has 2 rings (SSSR count). The SMILES string of the molecule is CN1CC(CNC(=O)C2CCN(S(C)(=O)=O)CC2)OC1=O. The summed E-state index contributed by atoms with van der Waals surface area (Å²) in [4.78, 5) is 24.7. The van der Waals surface area contributed by atoms with E-state index in [-0.39, 0.29) is 24.0 Å². The molecule has 0 bridgehead atoms. The predicted molar refractivity (Wildman–Crippen MR) is 75.0 cm³/mol. The van der Waals surface area contributed by atoms with Crippen LogP contribution in [0.4, 0.5) is 4.79 Å². The molecule has 21 heavy (non-hydrogen) atoms. The van der Waals surface area contributed by atoms with E-state index >= 15 is 0 Å². The Bertz CT molecular complexity index is 513. The van der Waals surface area contributed by atoms with Gasteiger partial charge in [0.25, 0.3) is 0 Å². The molecule has 1 unspecified atom stereocenters. The van der Waals surface area contributed by atoms with Gasteiger partial charge in [0.2, 0.25) is 15.9 Å². The molecule has 0 aromatic rings. The molecule has 0 aromatic carbocycles. The van der Waals surface area contributed by atoms with Gasteiger partial charge in [0.05, 0.1) is 19.3 Å². The Balaban J connectivity index is 1.74. The molecule has 0 spiro atoms. The third kappa shape index (κ3) is 4.07. The van der Waals surface area contributed by atoms with Crippen molar-refractivity contribution in [1.82, 2.24) is 14.5 Å². The first-order valence-electron chi connectivity index (χ1n) is 6.92. The fraction of sp³-hybridized carbons (Fsp3) is 0.833. The molecule has 2 aliphatic rings. The van der Waals surface area contributed by atoms with Crippen LogP contribution in [0.1, 0.15) is 12.8 Å². The van der Waals surface area contributed by atoms with Crippen LogP contribution in [-0.2, 0) is 19.6 Å². The van der Waals surface area contributed by atoms with Crippen molar-refractivity contribution >= 4 is 22.0 Å². The Morgan fingerprint density at radius 3 is 2.48 bits per heavy atom. The summed E-state index contributed by atoms with van der Waals surface area (Å²) in [5.41, 5.74) is 0. The molecule has 9 heteroatoms. The van der Waals surface area contributed by atoms with Crippen LogP contribution in [0.25, 0.3) is 0 Å². The van der Waals surface area contributed by atoms with Gasteiger partial charge in [-0.3, -0.25) is 4.79 Å².